The molecule has 4 heteroatoms. The van der Waals surface area contributed by atoms with Crippen molar-refractivity contribution in [3.63, 3.8) is 0 Å². The highest BCUT2D eigenvalue weighted by Crippen LogP contribution is 2.20. The van der Waals surface area contributed by atoms with E-state index in [9.17, 15) is 9.59 Å². The lowest BCUT2D eigenvalue weighted by molar-refractivity contribution is 0.0742. The molecule has 1 aliphatic rings. The Balaban J connectivity index is 1.81. The normalized spacial score (nSPS) is 15.5. The second-order valence-electron chi connectivity index (χ2n) is 6.96. The Morgan fingerprint density at radius 3 is 2.20 bits per heavy atom. The summed E-state index contributed by atoms with van der Waals surface area (Å²) in [6.07, 6.45) is 5.86. The van der Waals surface area contributed by atoms with Crippen LogP contribution in [0.15, 0.2) is 35.1 Å². The van der Waals surface area contributed by atoms with Crippen molar-refractivity contribution in [1.29, 1.82) is 0 Å². The van der Waals surface area contributed by atoms with Crippen LogP contribution < -0.4 is 5.56 Å². The molecule has 0 aliphatic carbocycles. The number of amides is 1. The molecule has 1 N–H and O–H groups in total. The zero-order valence-electron chi connectivity index (χ0n) is 15.1. The summed E-state index contributed by atoms with van der Waals surface area (Å²) in [6, 6.07) is 9.33. The highest BCUT2D eigenvalue weighted by atomic mass is 16.2. The molecule has 1 fully saturated rings. The van der Waals surface area contributed by atoms with Gasteiger partial charge in [0, 0.05) is 29.9 Å². The van der Waals surface area contributed by atoms with E-state index in [0.29, 0.717) is 11.1 Å². The topological polar surface area (TPSA) is 53.2 Å². The summed E-state index contributed by atoms with van der Waals surface area (Å²) in [5, 5.41) is 0. The van der Waals surface area contributed by atoms with Gasteiger partial charge in [0.2, 0.25) is 0 Å². The first-order valence-electron chi connectivity index (χ1n) is 9.16. The molecule has 1 aromatic carbocycles. The van der Waals surface area contributed by atoms with Gasteiger partial charge in [-0.25, -0.2) is 0 Å². The molecule has 1 aliphatic heterocycles. The van der Waals surface area contributed by atoms with Crippen molar-refractivity contribution in [1.82, 2.24) is 9.88 Å². The number of nitrogens with zero attached hydrogens (tertiary/aromatic N) is 1. The monoisotopic (exact) mass is 338 g/mol. The number of hydrogen-bond acceptors (Lipinski definition) is 2. The van der Waals surface area contributed by atoms with Gasteiger partial charge in [0.1, 0.15) is 0 Å². The van der Waals surface area contributed by atoms with E-state index in [0.717, 1.165) is 42.8 Å². The molecule has 132 valence electrons. The van der Waals surface area contributed by atoms with Crippen molar-refractivity contribution in [3.05, 3.63) is 57.5 Å². The van der Waals surface area contributed by atoms with Crippen LogP contribution in [-0.2, 0) is 0 Å². The van der Waals surface area contributed by atoms with Crippen molar-refractivity contribution >= 4 is 5.91 Å². The third-order valence-corrected chi connectivity index (χ3v) is 5.08. The number of nitrogens with one attached hydrogen (secondary N) is 1. The van der Waals surface area contributed by atoms with Gasteiger partial charge in [-0.3, -0.25) is 9.59 Å². The maximum atomic E-state index is 12.7. The van der Waals surface area contributed by atoms with Gasteiger partial charge in [0.05, 0.1) is 0 Å². The van der Waals surface area contributed by atoms with Gasteiger partial charge in [0.25, 0.3) is 11.5 Å². The van der Waals surface area contributed by atoms with Gasteiger partial charge in [-0.05, 0) is 56.0 Å². The number of aromatic amines is 1. The summed E-state index contributed by atoms with van der Waals surface area (Å²) in [5.41, 5.74) is 4.03. The molecule has 25 heavy (non-hydrogen) atoms. The van der Waals surface area contributed by atoms with E-state index < -0.39 is 0 Å². The van der Waals surface area contributed by atoms with Gasteiger partial charge in [-0.15, -0.1) is 0 Å². The standard InChI is InChI=1S/C21H26N2O2/c1-15-14-19(20(24)22-16(15)2)17-8-10-18(11-9-17)21(25)23-12-6-4-3-5-7-13-23/h8-11,14H,3-7,12-13H2,1-2H3,(H,22,24). The lowest BCUT2D eigenvalue weighted by atomic mass is 10.0. The van der Waals surface area contributed by atoms with Gasteiger partial charge in [-0.2, -0.15) is 0 Å². The average molecular weight is 338 g/mol. The fraction of sp³-hybridized carbons (Fsp3) is 0.429. The van der Waals surface area contributed by atoms with Gasteiger partial charge < -0.3 is 9.88 Å². The number of carbonyl (C=O) groups excluding carboxylic acids is 1. The summed E-state index contributed by atoms with van der Waals surface area (Å²) in [7, 11) is 0. The average Bonchev–Trinajstić information content (AvgIpc) is 2.57. The van der Waals surface area contributed by atoms with Crippen molar-refractivity contribution < 1.29 is 4.79 Å². The van der Waals surface area contributed by atoms with Crippen LogP contribution in [-0.4, -0.2) is 28.9 Å². The first kappa shape index (κ1) is 17.5. The number of H-pyrrole nitrogens is 1. The molecule has 0 spiro atoms. The molecule has 2 heterocycles. The highest BCUT2D eigenvalue weighted by Gasteiger charge is 2.17. The van der Waals surface area contributed by atoms with Gasteiger partial charge in [0.15, 0.2) is 0 Å². The fourth-order valence-corrected chi connectivity index (χ4v) is 3.37. The number of hydrogen-bond donors (Lipinski definition) is 1. The Labute approximate surface area is 148 Å². The number of pyridine rings is 1. The van der Waals surface area contributed by atoms with E-state index in [1.165, 1.54) is 19.3 Å². The van der Waals surface area contributed by atoms with Crippen LogP contribution >= 0.6 is 0 Å². The maximum Gasteiger partial charge on any atom is 0.256 e. The van der Waals surface area contributed by atoms with Crippen molar-refractivity contribution in [2.45, 2.75) is 46.0 Å². The molecular formula is C21H26N2O2. The predicted molar refractivity (Wildman–Crippen MR) is 101 cm³/mol. The molecule has 1 aromatic heterocycles. The van der Waals surface area contributed by atoms with E-state index in [4.69, 9.17) is 0 Å². The van der Waals surface area contributed by atoms with Crippen LogP contribution in [0.25, 0.3) is 11.1 Å². The van der Waals surface area contributed by atoms with Crippen LogP contribution in [0.2, 0.25) is 0 Å². The minimum atomic E-state index is -0.0917. The van der Waals surface area contributed by atoms with E-state index in [1.54, 1.807) is 0 Å². The van der Waals surface area contributed by atoms with E-state index in [2.05, 4.69) is 4.98 Å². The Hall–Kier alpha value is -2.36. The smallest absolute Gasteiger partial charge is 0.256 e. The second-order valence-corrected chi connectivity index (χ2v) is 6.96. The number of carbonyl (C=O) groups is 1. The molecule has 0 atom stereocenters. The van der Waals surface area contributed by atoms with Crippen molar-refractivity contribution in [3.8, 4) is 11.1 Å². The zero-order valence-corrected chi connectivity index (χ0v) is 15.1. The summed E-state index contributed by atoms with van der Waals surface area (Å²) < 4.78 is 0. The predicted octanol–water partition coefficient (Wildman–Crippen LogP) is 4.07. The number of benzene rings is 1. The van der Waals surface area contributed by atoms with Crippen LogP contribution in [0.3, 0.4) is 0 Å². The molecule has 0 unspecified atom stereocenters. The molecule has 2 aromatic rings. The van der Waals surface area contributed by atoms with Crippen LogP contribution in [0.1, 0.15) is 53.7 Å². The minimum Gasteiger partial charge on any atom is -0.339 e. The van der Waals surface area contributed by atoms with Crippen LogP contribution in [0, 0.1) is 13.8 Å². The first-order valence-corrected chi connectivity index (χ1v) is 9.16. The van der Waals surface area contributed by atoms with Crippen molar-refractivity contribution in [2.24, 2.45) is 0 Å². The maximum absolute atomic E-state index is 12.7. The molecule has 3 rings (SSSR count). The zero-order chi connectivity index (χ0) is 17.8. The van der Waals surface area contributed by atoms with E-state index >= 15 is 0 Å². The highest BCUT2D eigenvalue weighted by molar-refractivity contribution is 5.94. The molecule has 1 amide bonds. The Kier molecular flexibility index (Phi) is 5.37. The SMILES string of the molecule is Cc1cc(-c2ccc(C(=O)N3CCCCCCC3)cc2)c(=O)[nH]c1C. The van der Waals surface area contributed by atoms with E-state index in [1.807, 2.05) is 49.1 Å². The summed E-state index contributed by atoms with van der Waals surface area (Å²) in [6.45, 7) is 5.56. The summed E-state index contributed by atoms with van der Waals surface area (Å²) >= 11 is 0. The first-order chi connectivity index (χ1) is 12.1. The largest absolute Gasteiger partial charge is 0.339 e. The Morgan fingerprint density at radius 2 is 1.56 bits per heavy atom. The molecule has 1 saturated heterocycles. The Morgan fingerprint density at radius 1 is 0.960 bits per heavy atom. The molecule has 0 saturated carbocycles. The van der Waals surface area contributed by atoms with Gasteiger partial charge in [-0.1, -0.05) is 31.4 Å². The Bertz CT molecular complexity index is 798. The molecule has 4 nitrogen and oxygen atoms in total. The lowest BCUT2D eigenvalue weighted by Crippen LogP contribution is -2.33. The van der Waals surface area contributed by atoms with Crippen molar-refractivity contribution in [2.75, 3.05) is 13.1 Å². The van der Waals surface area contributed by atoms with E-state index in [-0.39, 0.29) is 11.5 Å². The third-order valence-electron chi connectivity index (χ3n) is 5.08. The van der Waals surface area contributed by atoms with Crippen LogP contribution in [0.4, 0.5) is 0 Å². The molecular weight excluding hydrogens is 312 g/mol. The minimum absolute atomic E-state index is 0.0917. The second kappa shape index (κ2) is 7.68. The lowest BCUT2D eigenvalue weighted by Gasteiger charge is -2.25. The molecule has 0 radical (unpaired) electrons. The third kappa shape index (κ3) is 4.01. The quantitative estimate of drug-likeness (QED) is 0.897. The number of likely N-dealkylation sites (tertiary alicyclic amines) is 1. The fourth-order valence-electron chi connectivity index (χ4n) is 3.37. The summed E-state index contributed by atoms with van der Waals surface area (Å²) in [4.78, 5) is 29.8. The van der Waals surface area contributed by atoms with Crippen LogP contribution in [0.5, 0.6) is 0 Å². The molecule has 0 bridgehead atoms. The number of aryl methyl sites for hydroxylation is 2. The van der Waals surface area contributed by atoms with Gasteiger partial charge >= 0.3 is 0 Å². The number of rotatable bonds is 2. The number of aromatic nitrogens is 1. The summed E-state index contributed by atoms with van der Waals surface area (Å²) in [5.74, 6) is 0.0995.